The Morgan fingerprint density at radius 3 is 2.70 bits per heavy atom. The van der Waals surface area contributed by atoms with Crippen LogP contribution in [-0.2, 0) is 16.0 Å². The van der Waals surface area contributed by atoms with Gasteiger partial charge in [0.05, 0.1) is 18.9 Å². The van der Waals surface area contributed by atoms with Crippen molar-refractivity contribution in [2.45, 2.75) is 25.3 Å². The van der Waals surface area contributed by atoms with Crippen LogP contribution in [0.4, 0.5) is 5.13 Å². The van der Waals surface area contributed by atoms with Crippen LogP contribution in [0.2, 0.25) is 0 Å². The fourth-order valence-electron chi connectivity index (χ4n) is 2.02. The van der Waals surface area contributed by atoms with Crippen LogP contribution in [0.5, 0.6) is 0 Å². The molecule has 5 nitrogen and oxygen atoms in total. The van der Waals surface area contributed by atoms with Gasteiger partial charge < -0.3 is 19.7 Å². The molecule has 1 aromatic rings. The minimum atomic E-state index is 0.690. The van der Waals surface area contributed by atoms with E-state index in [-0.39, 0.29) is 0 Å². The molecule has 1 N–H and O–H groups in total. The van der Waals surface area contributed by atoms with E-state index in [4.69, 9.17) is 14.5 Å². The van der Waals surface area contributed by atoms with E-state index in [9.17, 15) is 0 Å². The first kappa shape index (κ1) is 15.7. The third-order valence-corrected chi connectivity index (χ3v) is 4.59. The molecule has 1 heterocycles. The molecule has 20 heavy (non-hydrogen) atoms. The summed E-state index contributed by atoms with van der Waals surface area (Å²) in [5, 5.41) is 4.53. The van der Waals surface area contributed by atoms with Crippen molar-refractivity contribution in [2.75, 3.05) is 52.5 Å². The van der Waals surface area contributed by atoms with Gasteiger partial charge in [0.25, 0.3) is 0 Å². The maximum Gasteiger partial charge on any atom is 0.185 e. The zero-order chi connectivity index (χ0) is 14.4. The predicted octanol–water partition coefficient (Wildman–Crippen LogP) is 1.84. The van der Waals surface area contributed by atoms with E-state index in [1.54, 1.807) is 25.6 Å². The van der Waals surface area contributed by atoms with Gasteiger partial charge in [0.15, 0.2) is 5.13 Å². The fourth-order valence-corrected chi connectivity index (χ4v) is 3.12. The Morgan fingerprint density at radius 2 is 2.05 bits per heavy atom. The molecule has 0 atom stereocenters. The normalized spacial score (nSPS) is 14.8. The minimum Gasteiger partial charge on any atom is -0.383 e. The van der Waals surface area contributed by atoms with Crippen molar-refractivity contribution in [3.8, 4) is 0 Å². The molecule has 1 saturated carbocycles. The molecule has 0 aliphatic heterocycles. The third-order valence-electron chi connectivity index (χ3n) is 3.41. The summed E-state index contributed by atoms with van der Waals surface area (Å²) in [7, 11) is 5.54. The molecule has 1 aromatic heterocycles. The van der Waals surface area contributed by atoms with Crippen molar-refractivity contribution in [1.82, 2.24) is 10.3 Å². The lowest BCUT2D eigenvalue weighted by atomic mass is 10.2. The molecule has 6 heteroatoms. The summed E-state index contributed by atoms with van der Waals surface area (Å²) in [6.45, 7) is 4.14. The third kappa shape index (κ3) is 4.41. The zero-order valence-electron chi connectivity index (χ0n) is 12.6. The Kier molecular flexibility index (Phi) is 6.22. The highest BCUT2D eigenvalue weighted by atomic mass is 32.1. The summed E-state index contributed by atoms with van der Waals surface area (Å²) in [6.07, 6.45) is 2.58. The van der Waals surface area contributed by atoms with E-state index in [1.165, 1.54) is 23.4 Å². The molecule has 0 saturated heterocycles. The van der Waals surface area contributed by atoms with Crippen molar-refractivity contribution < 1.29 is 9.47 Å². The number of thiazole rings is 1. The topological polar surface area (TPSA) is 46.6 Å². The van der Waals surface area contributed by atoms with E-state index in [2.05, 4.69) is 17.3 Å². The van der Waals surface area contributed by atoms with Crippen LogP contribution < -0.4 is 10.2 Å². The van der Waals surface area contributed by atoms with Gasteiger partial charge in [-0.15, -0.1) is 11.3 Å². The number of methoxy groups -OCH3 is 2. The number of hydrogen-bond acceptors (Lipinski definition) is 6. The Morgan fingerprint density at radius 1 is 1.30 bits per heavy atom. The summed E-state index contributed by atoms with van der Waals surface area (Å²) >= 11 is 1.80. The minimum absolute atomic E-state index is 0.690. The van der Waals surface area contributed by atoms with Crippen LogP contribution in [-0.4, -0.2) is 52.6 Å². The average molecular weight is 299 g/mol. The van der Waals surface area contributed by atoms with E-state index >= 15 is 0 Å². The first-order chi connectivity index (χ1) is 9.76. The lowest BCUT2D eigenvalue weighted by Crippen LogP contribution is -2.21. The van der Waals surface area contributed by atoms with Crippen LogP contribution in [0.1, 0.15) is 29.3 Å². The van der Waals surface area contributed by atoms with Gasteiger partial charge in [-0.3, -0.25) is 0 Å². The SMILES string of the molecule is COCCNCc1sc(N(C)CCOC)nc1C1CC1. The summed E-state index contributed by atoms with van der Waals surface area (Å²) in [4.78, 5) is 8.40. The first-order valence-electron chi connectivity index (χ1n) is 7.15. The molecule has 0 unspecified atom stereocenters. The number of nitrogens with zero attached hydrogens (tertiary/aromatic N) is 2. The highest BCUT2D eigenvalue weighted by Gasteiger charge is 2.30. The second kappa shape index (κ2) is 7.93. The van der Waals surface area contributed by atoms with Crippen LogP contribution in [0.25, 0.3) is 0 Å². The molecule has 2 rings (SSSR count). The number of aromatic nitrogens is 1. The van der Waals surface area contributed by atoms with Gasteiger partial charge >= 0.3 is 0 Å². The maximum atomic E-state index is 5.13. The van der Waals surface area contributed by atoms with Crippen LogP contribution >= 0.6 is 11.3 Å². The second-order valence-corrected chi connectivity index (χ2v) is 6.23. The Balaban J connectivity index is 1.96. The van der Waals surface area contributed by atoms with Crippen molar-refractivity contribution in [3.63, 3.8) is 0 Å². The van der Waals surface area contributed by atoms with Gasteiger partial charge in [-0.25, -0.2) is 4.98 Å². The van der Waals surface area contributed by atoms with E-state index in [1.807, 2.05) is 0 Å². The van der Waals surface area contributed by atoms with Crippen LogP contribution in [0.15, 0.2) is 0 Å². The quantitative estimate of drug-likeness (QED) is 0.668. The largest absolute Gasteiger partial charge is 0.383 e. The molecule has 1 aliphatic carbocycles. The molecule has 114 valence electrons. The van der Waals surface area contributed by atoms with Gasteiger partial charge in [-0.1, -0.05) is 0 Å². The number of ether oxygens (including phenoxy) is 2. The zero-order valence-corrected chi connectivity index (χ0v) is 13.5. The fraction of sp³-hybridized carbons (Fsp3) is 0.786. The average Bonchev–Trinajstić information content (AvgIpc) is 3.21. The molecule has 0 spiro atoms. The van der Waals surface area contributed by atoms with Gasteiger partial charge in [-0.05, 0) is 12.8 Å². The highest BCUT2D eigenvalue weighted by Crippen LogP contribution is 2.44. The van der Waals surface area contributed by atoms with Gasteiger partial charge in [0, 0.05) is 51.7 Å². The van der Waals surface area contributed by atoms with Gasteiger partial charge in [0.2, 0.25) is 0 Å². The van der Waals surface area contributed by atoms with Gasteiger partial charge in [0.1, 0.15) is 0 Å². The smallest absolute Gasteiger partial charge is 0.185 e. The second-order valence-electron chi connectivity index (χ2n) is 5.16. The summed E-state index contributed by atoms with van der Waals surface area (Å²) in [5.41, 5.74) is 1.30. The van der Waals surface area contributed by atoms with Crippen molar-refractivity contribution in [2.24, 2.45) is 0 Å². The van der Waals surface area contributed by atoms with E-state index in [0.717, 1.165) is 38.0 Å². The summed E-state index contributed by atoms with van der Waals surface area (Å²) < 4.78 is 10.2. The van der Waals surface area contributed by atoms with Crippen LogP contribution in [0.3, 0.4) is 0 Å². The number of likely N-dealkylation sites (N-methyl/N-ethyl adjacent to an activating group) is 1. The first-order valence-corrected chi connectivity index (χ1v) is 7.97. The summed E-state index contributed by atoms with van der Waals surface area (Å²) in [5.74, 6) is 0.690. The van der Waals surface area contributed by atoms with E-state index in [0.29, 0.717) is 5.92 Å². The Hall–Kier alpha value is -0.690. The molecule has 1 aliphatic rings. The monoisotopic (exact) mass is 299 g/mol. The molecule has 1 fully saturated rings. The highest BCUT2D eigenvalue weighted by molar-refractivity contribution is 7.15. The number of anilines is 1. The van der Waals surface area contributed by atoms with Gasteiger partial charge in [-0.2, -0.15) is 0 Å². The molecule has 0 amide bonds. The summed E-state index contributed by atoms with van der Waals surface area (Å²) in [6, 6.07) is 0. The van der Waals surface area contributed by atoms with Crippen LogP contribution in [0, 0.1) is 0 Å². The molecule has 0 bridgehead atoms. The van der Waals surface area contributed by atoms with Crippen molar-refractivity contribution in [3.05, 3.63) is 10.6 Å². The van der Waals surface area contributed by atoms with Crippen molar-refractivity contribution in [1.29, 1.82) is 0 Å². The molecule has 0 radical (unpaired) electrons. The Bertz CT molecular complexity index is 407. The number of rotatable bonds is 10. The lowest BCUT2D eigenvalue weighted by Gasteiger charge is -2.14. The number of nitrogens with one attached hydrogen (secondary N) is 1. The molecular formula is C14H25N3O2S. The van der Waals surface area contributed by atoms with Crippen molar-refractivity contribution >= 4 is 16.5 Å². The molecular weight excluding hydrogens is 274 g/mol. The number of hydrogen-bond donors (Lipinski definition) is 1. The maximum absolute atomic E-state index is 5.13. The predicted molar refractivity (Wildman–Crippen MR) is 82.8 cm³/mol. The molecule has 0 aromatic carbocycles. The standard InChI is InChI=1S/C14H25N3O2S/c1-17(7-9-19-3)14-16-13(11-4-5-11)12(20-14)10-15-6-8-18-2/h11,15H,4-10H2,1-3H3. The lowest BCUT2D eigenvalue weighted by molar-refractivity contribution is 0.199. The Labute approximate surface area is 125 Å². The van der Waals surface area contributed by atoms with E-state index < -0.39 is 0 Å².